The maximum Gasteiger partial charge on any atom is 0.508 e. The fourth-order valence-corrected chi connectivity index (χ4v) is 3.73. The minimum absolute atomic E-state index is 0.447. The first-order chi connectivity index (χ1) is 8.74. The van der Waals surface area contributed by atoms with Gasteiger partial charge < -0.3 is 9.47 Å². The summed E-state index contributed by atoms with van der Waals surface area (Å²) in [6.07, 6.45) is 3.97. The maximum atomic E-state index is 11.6. The third kappa shape index (κ3) is 1.69. The van der Waals surface area contributed by atoms with Crippen molar-refractivity contribution < 1.29 is 14.3 Å². The molecule has 0 heterocycles. The molecule has 3 rings (SSSR count). The van der Waals surface area contributed by atoms with Crippen LogP contribution in [0.5, 0.6) is 0 Å². The molecule has 2 aliphatic rings. The largest absolute Gasteiger partial charge is 0.508 e. The van der Waals surface area contributed by atoms with E-state index in [9.17, 15) is 4.79 Å². The van der Waals surface area contributed by atoms with Gasteiger partial charge in [0.25, 0.3) is 0 Å². The monoisotopic (exact) mass is 246 g/mol. The van der Waals surface area contributed by atoms with Gasteiger partial charge in [0, 0.05) is 5.92 Å². The van der Waals surface area contributed by atoms with Crippen molar-refractivity contribution >= 4 is 6.16 Å². The van der Waals surface area contributed by atoms with Crippen molar-refractivity contribution in [1.29, 1.82) is 0 Å². The molecule has 2 fully saturated rings. The molecule has 18 heavy (non-hydrogen) atoms. The molecule has 0 aromatic heterocycles. The first-order valence-electron chi connectivity index (χ1n) is 6.57. The van der Waals surface area contributed by atoms with Crippen molar-refractivity contribution in [3.8, 4) is 0 Å². The Morgan fingerprint density at radius 1 is 1.28 bits per heavy atom. The molecule has 2 bridgehead atoms. The molecule has 0 amide bonds. The molecule has 3 heteroatoms. The summed E-state index contributed by atoms with van der Waals surface area (Å²) in [4.78, 5) is 11.6. The number of methoxy groups -OCH3 is 1. The number of carbonyl (C=O) groups excluding carboxylic acids is 1. The lowest BCUT2D eigenvalue weighted by Gasteiger charge is -2.37. The van der Waals surface area contributed by atoms with Gasteiger partial charge in [-0.05, 0) is 37.2 Å². The second-order valence-corrected chi connectivity index (χ2v) is 5.39. The van der Waals surface area contributed by atoms with Crippen LogP contribution >= 0.6 is 0 Å². The Balaban J connectivity index is 1.97. The summed E-state index contributed by atoms with van der Waals surface area (Å²) >= 11 is 0. The Labute approximate surface area is 107 Å². The Morgan fingerprint density at radius 3 is 2.61 bits per heavy atom. The van der Waals surface area contributed by atoms with Gasteiger partial charge in [-0.25, -0.2) is 4.79 Å². The second kappa shape index (κ2) is 4.30. The summed E-state index contributed by atoms with van der Waals surface area (Å²) in [5.74, 6) is 1.14. The van der Waals surface area contributed by atoms with Crippen LogP contribution in [0.15, 0.2) is 30.3 Å². The predicted molar refractivity (Wildman–Crippen MR) is 67.1 cm³/mol. The lowest BCUT2D eigenvalue weighted by atomic mass is 9.78. The Kier molecular flexibility index (Phi) is 2.77. The minimum Gasteiger partial charge on any atom is -0.438 e. The molecule has 96 valence electrons. The van der Waals surface area contributed by atoms with Crippen LogP contribution in [0.1, 0.15) is 31.2 Å². The first-order valence-corrected chi connectivity index (χ1v) is 6.57. The number of hydrogen-bond acceptors (Lipinski definition) is 3. The third-order valence-corrected chi connectivity index (χ3v) is 4.49. The summed E-state index contributed by atoms with van der Waals surface area (Å²) in [7, 11) is 1.37. The van der Waals surface area contributed by atoms with Gasteiger partial charge in [-0.2, -0.15) is 0 Å². The van der Waals surface area contributed by atoms with Crippen molar-refractivity contribution in [2.45, 2.75) is 31.3 Å². The summed E-state index contributed by atoms with van der Waals surface area (Å²) in [6.45, 7) is 0. The van der Waals surface area contributed by atoms with E-state index in [2.05, 4.69) is 12.1 Å². The minimum atomic E-state index is -0.564. The number of benzene rings is 1. The van der Waals surface area contributed by atoms with E-state index in [0.717, 1.165) is 18.4 Å². The van der Waals surface area contributed by atoms with E-state index in [1.807, 2.05) is 18.2 Å². The van der Waals surface area contributed by atoms with Crippen LogP contribution in [0.25, 0.3) is 0 Å². The topological polar surface area (TPSA) is 35.5 Å². The van der Waals surface area contributed by atoms with Crippen molar-refractivity contribution in [2.75, 3.05) is 7.11 Å². The van der Waals surface area contributed by atoms with Gasteiger partial charge in [-0.3, -0.25) is 0 Å². The smallest absolute Gasteiger partial charge is 0.438 e. The van der Waals surface area contributed by atoms with Crippen molar-refractivity contribution in [2.24, 2.45) is 11.8 Å². The molecule has 0 saturated heterocycles. The molecular formula is C15H18O3. The van der Waals surface area contributed by atoms with Gasteiger partial charge in [0.2, 0.25) is 0 Å². The number of hydrogen-bond donors (Lipinski definition) is 0. The zero-order valence-electron chi connectivity index (χ0n) is 10.6. The summed E-state index contributed by atoms with van der Waals surface area (Å²) in [5.41, 5.74) is 0.666. The van der Waals surface area contributed by atoms with Crippen LogP contribution in [-0.2, 0) is 15.1 Å². The third-order valence-electron chi connectivity index (χ3n) is 4.49. The molecule has 3 atom stereocenters. The van der Waals surface area contributed by atoms with Gasteiger partial charge >= 0.3 is 6.16 Å². The van der Waals surface area contributed by atoms with Gasteiger partial charge in [-0.15, -0.1) is 0 Å². The van der Waals surface area contributed by atoms with Crippen LogP contribution in [0.3, 0.4) is 0 Å². The fourth-order valence-electron chi connectivity index (χ4n) is 3.73. The highest BCUT2D eigenvalue weighted by Gasteiger charge is 2.55. The van der Waals surface area contributed by atoms with Gasteiger partial charge in [-0.1, -0.05) is 30.3 Å². The molecule has 1 aromatic carbocycles. The zero-order chi connectivity index (χ0) is 12.6. The van der Waals surface area contributed by atoms with Crippen LogP contribution in [0.4, 0.5) is 4.79 Å². The molecule has 2 aliphatic carbocycles. The summed E-state index contributed by atoms with van der Waals surface area (Å²) < 4.78 is 10.4. The van der Waals surface area contributed by atoms with Crippen molar-refractivity contribution in [3.63, 3.8) is 0 Å². The highest BCUT2D eigenvalue weighted by atomic mass is 16.7. The number of carbonyl (C=O) groups is 1. The maximum absolute atomic E-state index is 11.6. The van der Waals surface area contributed by atoms with E-state index in [-0.39, 0.29) is 0 Å². The Morgan fingerprint density at radius 2 is 2.06 bits per heavy atom. The first kappa shape index (κ1) is 11.6. The normalized spacial score (nSPS) is 33.4. The molecule has 0 aliphatic heterocycles. The Bertz CT molecular complexity index is 442. The SMILES string of the molecule is COC(=O)OC1(c2ccccc2)CC2CCC1C2. The lowest BCUT2D eigenvalue weighted by Crippen LogP contribution is -2.37. The van der Waals surface area contributed by atoms with Crippen molar-refractivity contribution in [3.05, 3.63) is 35.9 Å². The molecule has 1 aromatic rings. The van der Waals surface area contributed by atoms with Gasteiger partial charge in [0.1, 0.15) is 5.60 Å². The highest BCUT2D eigenvalue weighted by molar-refractivity contribution is 5.61. The van der Waals surface area contributed by atoms with E-state index in [0.29, 0.717) is 11.8 Å². The molecule has 3 unspecified atom stereocenters. The molecule has 3 nitrogen and oxygen atoms in total. The molecular weight excluding hydrogens is 228 g/mol. The quantitative estimate of drug-likeness (QED) is 0.749. The van der Waals surface area contributed by atoms with Gasteiger partial charge in [0.05, 0.1) is 7.11 Å². The molecule has 0 N–H and O–H groups in total. The number of rotatable bonds is 2. The molecule has 2 saturated carbocycles. The van der Waals surface area contributed by atoms with E-state index in [4.69, 9.17) is 9.47 Å². The summed E-state index contributed by atoms with van der Waals surface area (Å²) in [6, 6.07) is 10.1. The van der Waals surface area contributed by atoms with E-state index in [1.54, 1.807) is 0 Å². The average Bonchev–Trinajstić information content (AvgIpc) is 3.00. The molecule has 0 radical (unpaired) electrons. The Hall–Kier alpha value is -1.51. The van der Waals surface area contributed by atoms with Crippen LogP contribution in [0, 0.1) is 11.8 Å². The summed E-state index contributed by atoms with van der Waals surface area (Å²) in [5, 5.41) is 0. The predicted octanol–water partition coefficient (Wildman–Crippen LogP) is 3.48. The van der Waals surface area contributed by atoms with Gasteiger partial charge in [0.15, 0.2) is 0 Å². The standard InChI is InChI=1S/C15H18O3/c1-17-14(16)18-15(12-5-3-2-4-6-12)10-11-7-8-13(15)9-11/h2-6,11,13H,7-10H2,1H3. The zero-order valence-corrected chi connectivity index (χ0v) is 10.6. The van der Waals surface area contributed by atoms with E-state index in [1.165, 1.54) is 20.0 Å². The van der Waals surface area contributed by atoms with E-state index >= 15 is 0 Å². The lowest BCUT2D eigenvalue weighted by molar-refractivity contribution is -0.0649. The highest BCUT2D eigenvalue weighted by Crippen LogP contribution is 2.57. The fraction of sp³-hybridized carbons (Fsp3) is 0.533. The number of ether oxygens (including phenoxy) is 2. The number of fused-ring (bicyclic) bond motifs is 2. The van der Waals surface area contributed by atoms with Crippen LogP contribution < -0.4 is 0 Å². The van der Waals surface area contributed by atoms with Crippen molar-refractivity contribution in [1.82, 2.24) is 0 Å². The van der Waals surface area contributed by atoms with Crippen LogP contribution in [-0.4, -0.2) is 13.3 Å². The average molecular weight is 246 g/mol. The van der Waals surface area contributed by atoms with Crippen LogP contribution in [0.2, 0.25) is 0 Å². The second-order valence-electron chi connectivity index (χ2n) is 5.39. The molecule has 0 spiro atoms. The van der Waals surface area contributed by atoms with E-state index < -0.39 is 11.8 Å².